The summed E-state index contributed by atoms with van der Waals surface area (Å²) in [6.45, 7) is 9.01. The van der Waals surface area contributed by atoms with Gasteiger partial charge in [0.25, 0.3) is 0 Å². The fraction of sp³-hybridized carbons (Fsp3) is 0.923. The van der Waals surface area contributed by atoms with E-state index in [1.807, 2.05) is 32.6 Å². The number of rotatable bonds is 0. The van der Waals surface area contributed by atoms with E-state index in [0.717, 1.165) is 12.8 Å². The monoisotopic (exact) mass is 241 g/mol. The van der Waals surface area contributed by atoms with Crippen LogP contribution in [0.1, 0.15) is 47.0 Å². The van der Waals surface area contributed by atoms with Crippen LogP contribution in [-0.4, -0.2) is 41.4 Å². The molecule has 1 aliphatic carbocycles. The molecule has 1 atom stereocenters. The molecule has 0 bridgehead atoms. The minimum absolute atomic E-state index is 0.0661. The van der Waals surface area contributed by atoms with Gasteiger partial charge < -0.3 is 14.4 Å². The molecule has 1 spiro atoms. The van der Waals surface area contributed by atoms with Gasteiger partial charge in [0.2, 0.25) is 0 Å². The molecule has 0 N–H and O–H groups in total. The zero-order valence-electron chi connectivity index (χ0n) is 11.3. The smallest absolute Gasteiger partial charge is 0.410 e. The first-order valence-corrected chi connectivity index (χ1v) is 6.45. The molecule has 2 aliphatic rings. The number of hydrogen-bond donors (Lipinski definition) is 0. The van der Waals surface area contributed by atoms with Crippen molar-refractivity contribution in [2.24, 2.45) is 0 Å². The van der Waals surface area contributed by atoms with E-state index in [1.165, 1.54) is 6.42 Å². The Kier molecular flexibility index (Phi) is 3.10. The zero-order chi connectivity index (χ0) is 12.7. The Bertz CT molecular complexity index is 304. The highest BCUT2D eigenvalue weighted by molar-refractivity contribution is 5.68. The molecule has 2 fully saturated rings. The summed E-state index contributed by atoms with van der Waals surface area (Å²) in [6, 6.07) is 0.107. The lowest BCUT2D eigenvalue weighted by Crippen LogP contribution is -2.60. The first-order valence-electron chi connectivity index (χ1n) is 6.45. The second-order valence-electron chi connectivity index (χ2n) is 6.30. The van der Waals surface area contributed by atoms with Gasteiger partial charge >= 0.3 is 6.09 Å². The maximum atomic E-state index is 12.1. The SMILES string of the molecule is C[C@H]1COC2(CCC2)CN1C(=O)OC(C)(C)C. The highest BCUT2D eigenvalue weighted by Gasteiger charge is 2.46. The van der Waals surface area contributed by atoms with Crippen LogP contribution in [0.5, 0.6) is 0 Å². The number of carbonyl (C=O) groups excluding carboxylic acids is 1. The van der Waals surface area contributed by atoms with Crippen molar-refractivity contribution < 1.29 is 14.3 Å². The second-order valence-corrected chi connectivity index (χ2v) is 6.30. The fourth-order valence-corrected chi connectivity index (χ4v) is 2.34. The van der Waals surface area contributed by atoms with Gasteiger partial charge in [0.05, 0.1) is 24.8 Å². The molecule has 0 aromatic carbocycles. The van der Waals surface area contributed by atoms with Gasteiger partial charge in [-0.05, 0) is 47.0 Å². The van der Waals surface area contributed by atoms with Gasteiger partial charge in [-0.3, -0.25) is 0 Å². The van der Waals surface area contributed by atoms with Crippen molar-refractivity contribution in [3.63, 3.8) is 0 Å². The Morgan fingerprint density at radius 3 is 2.53 bits per heavy atom. The standard InChI is InChI=1S/C13H23NO3/c1-10-8-16-13(6-5-7-13)9-14(10)11(15)17-12(2,3)4/h10H,5-9H2,1-4H3/t10-/m0/s1. The second kappa shape index (κ2) is 4.16. The first kappa shape index (κ1) is 12.7. The third kappa shape index (κ3) is 2.73. The number of nitrogens with zero attached hydrogens (tertiary/aromatic N) is 1. The Morgan fingerprint density at radius 1 is 1.41 bits per heavy atom. The molecule has 17 heavy (non-hydrogen) atoms. The lowest BCUT2D eigenvalue weighted by atomic mass is 9.78. The molecular formula is C13H23NO3. The zero-order valence-corrected chi connectivity index (χ0v) is 11.3. The molecule has 1 amide bonds. The van der Waals surface area contributed by atoms with Crippen molar-refractivity contribution in [2.75, 3.05) is 13.2 Å². The molecule has 98 valence electrons. The van der Waals surface area contributed by atoms with Crippen molar-refractivity contribution in [3.8, 4) is 0 Å². The van der Waals surface area contributed by atoms with E-state index < -0.39 is 5.60 Å². The molecule has 0 aromatic heterocycles. The molecule has 0 aromatic rings. The summed E-state index contributed by atoms with van der Waals surface area (Å²) in [5, 5.41) is 0. The van der Waals surface area contributed by atoms with Crippen LogP contribution < -0.4 is 0 Å². The van der Waals surface area contributed by atoms with E-state index in [9.17, 15) is 4.79 Å². The van der Waals surface area contributed by atoms with Crippen LogP contribution in [-0.2, 0) is 9.47 Å². The summed E-state index contributed by atoms with van der Waals surface area (Å²) in [4.78, 5) is 13.9. The maximum absolute atomic E-state index is 12.1. The number of hydrogen-bond acceptors (Lipinski definition) is 3. The molecule has 2 rings (SSSR count). The van der Waals surface area contributed by atoms with Crippen LogP contribution >= 0.6 is 0 Å². The fourth-order valence-electron chi connectivity index (χ4n) is 2.34. The van der Waals surface area contributed by atoms with Crippen molar-refractivity contribution in [1.29, 1.82) is 0 Å². The topological polar surface area (TPSA) is 38.8 Å². The molecule has 1 saturated heterocycles. The van der Waals surface area contributed by atoms with Gasteiger partial charge in [0.15, 0.2) is 0 Å². The third-order valence-electron chi connectivity index (χ3n) is 3.51. The van der Waals surface area contributed by atoms with E-state index in [1.54, 1.807) is 0 Å². The van der Waals surface area contributed by atoms with Gasteiger partial charge in [-0.25, -0.2) is 4.79 Å². The van der Waals surface area contributed by atoms with Crippen molar-refractivity contribution in [2.45, 2.75) is 64.2 Å². The van der Waals surface area contributed by atoms with E-state index >= 15 is 0 Å². The highest BCUT2D eigenvalue weighted by Crippen LogP contribution is 2.39. The van der Waals surface area contributed by atoms with Gasteiger partial charge in [-0.2, -0.15) is 0 Å². The number of ether oxygens (including phenoxy) is 2. The average molecular weight is 241 g/mol. The van der Waals surface area contributed by atoms with E-state index in [-0.39, 0.29) is 17.7 Å². The van der Waals surface area contributed by atoms with Gasteiger partial charge in [-0.1, -0.05) is 0 Å². The molecule has 1 heterocycles. The van der Waals surface area contributed by atoms with Crippen LogP contribution in [0.2, 0.25) is 0 Å². The predicted molar refractivity (Wildman–Crippen MR) is 64.9 cm³/mol. The summed E-state index contributed by atoms with van der Waals surface area (Å²) in [6.07, 6.45) is 3.13. The largest absolute Gasteiger partial charge is 0.444 e. The first-order chi connectivity index (χ1) is 7.81. The predicted octanol–water partition coefficient (Wildman–Crippen LogP) is 2.56. The Hall–Kier alpha value is -0.770. The number of amides is 1. The maximum Gasteiger partial charge on any atom is 0.410 e. The third-order valence-corrected chi connectivity index (χ3v) is 3.51. The van der Waals surface area contributed by atoms with Crippen LogP contribution in [0, 0.1) is 0 Å². The minimum Gasteiger partial charge on any atom is -0.444 e. The molecule has 4 nitrogen and oxygen atoms in total. The molecule has 0 radical (unpaired) electrons. The van der Waals surface area contributed by atoms with E-state index in [2.05, 4.69) is 0 Å². The van der Waals surface area contributed by atoms with Crippen molar-refractivity contribution >= 4 is 6.09 Å². The summed E-state index contributed by atoms with van der Waals surface area (Å²) >= 11 is 0. The van der Waals surface area contributed by atoms with Gasteiger partial charge in [0, 0.05) is 0 Å². The summed E-state index contributed by atoms with van der Waals surface area (Å²) in [5.74, 6) is 0. The molecular weight excluding hydrogens is 218 g/mol. The van der Waals surface area contributed by atoms with Gasteiger partial charge in [0.1, 0.15) is 5.60 Å². The van der Waals surface area contributed by atoms with Crippen molar-refractivity contribution in [3.05, 3.63) is 0 Å². The summed E-state index contributed by atoms with van der Waals surface area (Å²) < 4.78 is 11.3. The van der Waals surface area contributed by atoms with Crippen LogP contribution in [0.3, 0.4) is 0 Å². The highest BCUT2D eigenvalue weighted by atomic mass is 16.6. The molecule has 0 unspecified atom stereocenters. The summed E-state index contributed by atoms with van der Waals surface area (Å²) in [5.41, 5.74) is -0.495. The summed E-state index contributed by atoms with van der Waals surface area (Å²) in [7, 11) is 0. The molecule has 4 heteroatoms. The minimum atomic E-state index is -0.429. The quantitative estimate of drug-likeness (QED) is 0.654. The van der Waals surface area contributed by atoms with Crippen LogP contribution in [0.15, 0.2) is 0 Å². The van der Waals surface area contributed by atoms with E-state index in [0.29, 0.717) is 13.2 Å². The Labute approximate surface area is 103 Å². The molecule has 1 aliphatic heterocycles. The molecule has 1 saturated carbocycles. The van der Waals surface area contributed by atoms with E-state index in [4.69, 9.17) is 9.47 Å². The van der Waals surface area contributed by atoms with Crippen molar-refractivity contribution in [1.82, 2.24) is 4.90 Å². The lowest BCUT2D eigenvalue weighted by Gasteiger charge is -2.50. The van der Waals surface area contributed by atoms with Gasteiger partial charge in [-0.15, -0.1) is 0 Å². The Morgan fingerprint density at radius 2 is 2.06 bits per heavy atom. The number of carbonyl (C=O) groups is 1. The number of morpholine rings is 1. The lowest BCUT2D eigenvalue weighted by molar-refractivity contribution is -0.164. The average Bonchev–Trinajstić information content (AvgIpc) is 2.13. The van der Waals surface area contributed by atoms with Crippen LogP contribution in [0.25, 0.3) is 0 Å². The Balaban J connectivity index is 2.00. The van der Waals surface area contributed by atoms with Crippen LogP contribution in [0.4, 0.5) is 4.79 Å². The normalized spacial score (nSPS) is 27.8.